The number of fused-ring (bicyclic) bond motifs is 1. The predicted octanol–water partition coefficient (Wildman–Crippen LogP) is 1.22. The Hall–Kier alpha value is -1.16. The number of rotatable bonds is 1. The first-order valence-corrected chi connectivity index (χ1v) is 5.78. The topological polar surface area (TPSA) is 19.4 Å². The van der Waals surface area contributed by atoms with E-state index in [1.165, 1.54) is 6.07 Å². The highest BCUT2D eigenvalue weighted by molar-refractivity contribution is 5.41. The van der Waals surface area contributed by atoms with Crippen LogP contribution in [0.3, 0.4) is 0 Å². The van der Waals surface area contributed by atoms with Crippen LogP contribution in [-0.4, -0.2) is 43.1 Å². The van der Waals surface area contributed by atoms with Gasteiger partial charge in [0, 0.05) is 32.4 Å². The van der Waals surface area contributed by atoms with Crippen LogP contribution in [-0.2, 0) is 0 Å². The van der Waals surface area contributed by atoms with Crippen molar-refractivity contribution >= 4 is 5.82 Å². The minimum absolute atomic E-state index is 0.198. The molecule has 0 radical (unpaired) electrons. The van der Waals surface area contributed by atoms with Gasteiger partial charge in [-0.3, -0.25) is 0 Å². The van der Waals surface area contributed by atoms with Crippen molar-refractivity contribution in [3.05, 3.63) is 24.1 Å². The second kappa shape index (κ2) is 3.70. The Kier molecular flexibility index (Phi) is 2.32. The van der Waals surface area contributed by atoms with E-state index >= 15 is 0 Å². The van der Waals surface area contributed by atoms with Gasteiger partial charge in [0.15, 0.2) is 11.6 Å². The van der Waals surface area contributed by atoms with Crippen LogP contribution >= 0.6 is 0 Å². The van der Waals surface area contributed by atoms with Gasteiger partial charge in [0.05, 0.1) is 0 Å². The zero-order chi connectivity index (χ0) is 11.1. The lowest BCUT2D eigenvalue weighted by Gasteiger charge is -2.20. The van der Waals surface area contributed by atoms with Gasteiger partial charge in [-0.25, -0.2) is 9.37 Å². The third-order valence-corrected chi connectivity index (χ3v) is 3.71. The fourth-order valence-electron chi connectivity index (χ4n) is 3.01. The van der Waals surface area contributed by atoms with Crippen LogP contribution in [0.5, 0.6) is 0 Å². The van der Waals surface area contributed by atoms with Crippen molar-refractivity contribution < 1.29 is 4.39 Å². The van der Waals surface area contributed by atoms with Gasteiger partial charge in [0.1, 0.15) is 0 Å². The van der Waals surface area contributed by atoms with E-state index in [2.05, 4.69) is 21.8 Å². The predicted molar refractivity (Wildman–Crippen MR) is 60.9 cm³/mol. The van der Waals surface area contributed by atoms with E-state index in [0.717, 1.165) is 26.2 Å². The number of likely N-dealkylation sites (tertiary alicyclic amines) is 1. The van der Waals surface area contributed by atoms with E-state index in [0.29, 0.717) is 17.7 Å². The van der Waals surface area contributed by atoms with E-state index in [4.69, 9.17) is 0 Å². The van der Waals surface area contributed by atoms with Gasteiger partial charge in [0.25, 0.3) is 0 Å². The molecule has 4 heteroatoms. The minimum atomic E-state index is -0.198. The molecule has 0 spiro atoms. The van der Waals surface area contributed by atoms with Crippen LogP contribution in [0.2, 0.25) is 0 Å². The second-order valence-electron chi connectivity index (χ2n) is 4.96. The summed E-state index contributed by atoms with van der Waals surface area (Å²) in [6.45, 7) is 4.16. The van der Waals surface area contributed by atoms with Crippen LogP contribution in [0.25, 0.3) is 0 Å². The third kappa shape index (κ3) is 1.57. The molecule has 2 aliphatic rings. The summed E-state index contributed by atoms with van der Waals surface area (Å²) in [5.74, 6) is 1.70. The first kappa shape index (κ1) is 10.0. The second-order valence-corrected chi connectivity index (χ2v) is 4.96. The van der Waals surface area contributed by atoms with E-state index < -0.39 is 0 Å². The van der Waals surface area contributed by atoms with E-state index in [-0.39, 0.29) is 5.82 Å². The molecule has 3 heterocycles. The van der Waals surface area contributed by atoms with Gasteiger partial charge in [-0.05, 0) is 31.0 Å². The molecule has 0 aliphatic carbocycles. The van der Waals surface area contributed by atoms with Crippen molar-refractivity contribution in [1.82, 2.24) is 9.88 Å². The molecule has 3 rings (SSSR count). The van der Waals surface area contributed by atoms with Gasteiger partial charge in [-0.15, -0.1) is 0 Å². The molecule has 0 bridgehead atoms. The molecule has 86 valence electrons. The molecular weight excluding hydrogens is 205 g/mol. The summed E-state index contributed by atoms with van der Waals surface area (Å²) in [6.07, 6.45) is 1.67. The standard InChI is InChI=1S/C12H16FN3/c1-15-5-9-7-16(8-10(9)6-15)12-11(13)3-2-4-14-12/h2-4,9-10H,5-8H2,1H3. The quantitative estimate of drug-likeness (QED) is 0.711. The van der Waals surface area contributed by atoms with Gasteiger partial charge in [0.2, 0.25) is 0 Å². The largest absolute Gasteiger partial charge is 0.354 e. The maximum Gasteiger partial charge on any atom is 0.165 e. The number of hydrogen-bond acceptors (Lipinski definition) is 3. The summed E-state index contributed by atoms with van der Waals surface area (Å²) in [5, 5.41) is 0. The van der Waals surface area contributed by atoms with Crippen molar-refractivity contribution in [1.29, 1.82) is 0 Å². The summed E-state index contributed by atoms with van der Waals surface area (Å²) in [6, 6.07) is 3.13. The monoisotopic (exact) mass is 221 g/mol. The van der Waals surface area contributed by atoms with Gasteiger partial charge in [-0.1, -0.05) is 0 Å². The summed E-state index contributed by atoms with van der Waals surface area (Å²) in [7, 11) is 2.16. The number of pyridine rings is 1. The Morgan fingerprint density at radius 2 is 1.94 bits per heavy atom. The zero-order valence-corrected chi connectivity index (χ0v) is 9.43. The summed E-state index contributed by atoms with van der Waals surface area (Å²) in [4.78, 5) is 8.60. The van der Waals surface area contributed by atoms with Crippen LogP contribution in [0.4, 0.5) is 10.2 Å². The highest BCUT2D eigenvalue weighted by atomic mass is 19.1. The zero-order valence-electron chi connectivity index (χ0n) is 9.43. The molecule has 2 unspecified atom stereocenters. The smallest absolute Gasteiger partial charge is 0.165 e. The molecule has 3 nitrogen and oxygen atoms in total. The lowest BCUT2D eigenvalue weighted by atomic mass is 10.0. The van der Waals surface area contributed by atoms with Crippen molar-refractivity contribution in [2.45, 2.75) is 0 Å². The van der Waals surface area contributed by atoms with Crippen molar-refractivity contribution in [2.75, 3.05) is 38.1 Å². The maximum atomic E-state index is 13.6. The molecule has 2 saturated heterocycles. The fraction of sp³-hybridized carbons (Fsp3) is 0.583. The fourth-order valence-corrected chi connectivity index (χ4v) is 3.01. The Bertz CT molecular complexity index is 382. The average molecular weight is 221 g/mol. The third-order valence-electron chi connectivity index (χ3n) is 3.71. The molecule has 16 heavy (non-hydrogen) atoms. The normalized spacial score (nSPS) is 29.8. The molecule has 1 aromatic rings. The Balaban J connectivity index is 1.78. The van der Waals surface area contributed by atoms with Crippen LogP contribution in [0.15, 0.2) is 18.3 Å². The highest BCUT2D eigenvalue weighted by Crippen LogP contribution is 2.33. The lowest BCUT2D eigenvalue weighted by molar-refractivity contribution is 0.386. The average Bonchev–Trinajstić information content (AvgIpc) is 2.75. The van der Waals surface area contributed by atoms with E-state index in [1.807, 2.05) is 0 Å². The highest BCUT2D eigenvalue weighted by Gasteiger charge is 2.39. The van der Waals surface area contributed by atoms with Crippen molar-refractivity contribution in [2.24, 2.45) is 11.8 Å². The van der Waals surface area contributed by atoms with Gasteiger partial charge < -0.3 is 9.80 Å². The van der Waals surface area contributed by atoms with Crippen molar-refractivity contribution in [3.63, 3.8) is 0 Å². The molecule has 0 saturated carbocycles. The summed E-state index contributed by atoms with van der Waals surface area (Å²) >= 11 is 0. The summed E-state index contributed by atoms with van der Waals surface area (Å²) < 4.78 is 13.6. The molecule has 0 aromatic carbocycles. The Morgan fingerprint density at radius 3 is 2.56 bits per heavy atom. The van der Waals surface area contributed by atoms with Crippen LogP contribution in [0.1, 0.15) is 0 Å². The maximum absolute atomic E-state index is 13.6. The molecular formula is C12H16FN3. The lowest BCUT2D eigenvalue weighted by Crippen LogP contribution is -2.27. The number of nitrogens with zero attached hydrogens (tertiary/aromatic N) is 3. The molecule has 1 aromatic heterocycles. The SMILES string of the molecule is CN1CC2CN(c3ncccc3F)CC2C1. The Labute approximate surface area is 94.9 Å². The van der Waals surface area contributed by atoms with Crippen molar-refractivity contribution in [3.8, 4) is 0 Å². The molecule has 2 atom stereocenters. The summed E-state index contributed by atoms with van der Waals surface area (Å²) in [5.41, 5.74) is 0. The van der Waals surface area contributed by atoms with E-state index in [1.54, 1.807) is 12.3 Å². The molecule has 2 fully saturated rings. The Morgan fingerprint density at radius 1 is 1.25 bits per heavy atom. The van der Waals surface area contributed by atoms with Crippen LogP contribution < -0.4 is 4.90 Å². The first-order chi connectivity index (χ1) is 7.74. The van der Waals surface area contributed by atoms with Gasteiger partial charge >= 0.3 is 0 Å². The van der Waals surface area contributed by atoms with Crippen LogP contribution in [0, 0.1) is 17.7 Å². The molecule has 2 aliphatic heterocycles. The number of anilines is 1. The van der Waals surface area contributed by atoms with E-state index in [9.17, 15) is 4.39 Å². The minimum Gasteiger partial charge on any atom is -0.354 e. The number of aromatic nitrogens is 1. The molecule has 0 amide bonds. The first-order valence-electron chi connectivity index (χ1n) is 5.78. The molecule has 0 N–H and O–H groups in total. The number of hydrogen-bond donors (Lipinski definition) is 0. The number of halogens is 1. The van der Waals surface area contributed by atoms with Gasteiger partial charge in [-0.2, -0.15) is 0 Å².